The minimum atomic E-state index is 0.103. The lowest BCUT2D eigenvalue weighted by Gasteiger charge is -2.31. The predicted molar refractivity (Wildman–Crippen MR) is 68.1 cm³/mol. The summed E-state index contributed by atoms with van der Waals surface area (Å²) < 4.78 is 1.99. The van der Waals surface area contributed by atoms with Crippen LogP contribution in [0.1, 0.15) is 50.4 Å². The second-order valence-electron chi connectivity index (χ2n) is 5.40. The van der Waals surface area contributed by atoms with Gasteiger partial charge in [-0.15, -0.1) is 10.2 Å². The third-order valence-corrected chi connectivity index (χ3v) is 4.03. The predicted octanol–water partition coefficient (Wildman–Crippen LogP) is 2.82. The van der Waals surface area contributed by atoms with Gasteiger partial charge in [0.25, 0.3) is 0 Å². The van der Waals surface area contributed by atoms with E-state index in [1.807, 2.05) is 16.7 Å². The van der Waals surface area contributed by atoms with Gasteiger partial charge in [0.05, 0.1) is 5.56 Å². The summed E-state index contributed by atoms with van der Waals surface area (Å²) in [5.41, 5.74) is 1.59. The van der Waals surface area contributed by atoms with Crippen LogP contribution in [0, 0.1) is 11.3 Å². The standard InChI is InChI=1S/C14H16N4/c1-14(7-3-2-4-8-14)13-17-16-12-6-5-11(9-15)10-18(12)13/h5-6,10H,2-4,7-8H2,1H3. The minimum absolute atomic E-state index is 0.103. The lowest BCUT2D eigenvalue weighted by atomic mass is 9.75. The Morgan fingerprint density at radius 1 is 1.22 bits per heavy atom. The molecule has 0 bridgehead atoms. The van der Waals surface area contributed by atoms with E-state index in [0.717, 1.165) is 24.3 Å². The van der Waals surface area contributed by atoms with Gasteiger partial charge in [-0.25, -0.2) is 0 Å². The Bertz CT molecular complexity index is 614. The van der Waals surface area contributed by atoms with E-state index in [2.05, 4.69) is 23.2 Å². The van der Waals surface area contributed by atoms with E-state index < -0.39 is 0 Å². The van der Waals surface area contributed by atoms with Gasteiger partial charge in [0.2, 0.25) is 0 Å². The summed E-state index contributed by atoms with van der Waals surface area (Å²) in [5.74, 6) is 1.01. The van der Waals surface area contributed by atoms with Gasteiger partial charge in [0.15, 0.2) is 5.65 Å². The summed E-state index contributed by atoms with van der Waals surface area (Å²) >= 11 is 0. The fraction of sp³-hybridized carbons (Fsp3) is 0.500. The number of fused-ring (bicyclic) bond motifs is 1. The molecular formula is C14H16N4. The monoisotopic (exact) mass is 240 g/mol. The molecular weight excluding hydrogens is 224 g/mol. The van der Waals surface area contributed by atoms with Crippen molar-refractivity contribution in [3.8, 4) is 6.07 Å². The van der Waals surface area contributed by atoms with Crippen molar-refractivity contribution >= 4 is 5.65 Å². The molecule has 0 amide bonds. The van der Waals surface area contributed by atoms with E-state index in [9.17, 15) is 0 Å². The van der Waals surface area contributed by atoms with Gasteiger partial charge < -0.3 is 0 Å². The molecule has 2 heterocycles. The molecule has 0 N–H and O–H groups in total. The topological polar surface area (TPSA) is 54.0 Å². The van der Waals surface area contributed by atoms with Crippen molar-refractivity contribution in [3.63, 3.8) is 0 Å². The van der Waals surface area contributed by atoms with Crippen molar-refractivity contribution in [3.05, 3.63) is 29.7 Å². The highest BCUT2D eigenvalue weighted by Crippen LogP contribution is 2.38. The molecule has 0 spiro atoms. The number of nitriles is 1. The van der Waals surface area contributed by atoms with Crippen LogP contribution in [0.3, 0.4) is 0 Å². The Morgan fingerprint density at radius 3 is 2.72 bits per heavy atom. The van der Waals surface area contributed by atoms with Crippen LogP contribution in [-0.2, 0) is 5.41 Å². The maximum atomic E-state index is 9.00. The summed E-state index contributed by atoms with van der Waals surface area (Å²) in [6, 6.07) is 5.83. The molecule has 0 unspecified atom stereocenters. The Hall–Kier alpha value is -1.89. The molecule has 0 atom stereocenters. The van der Waals surface area contributed by atoms with E-state index in [4.69, 9.17) is 5.26 Å². The maximum Gasteiger partial charge on any atom is 0.160 e. The Kier molecular flexibility index (Phi) is 2.55. The fourth-order valence-electron chi connectivity index (χ4n) is 2.92. The first kappa shape index (κ1) is 11.2. The minimum Gasteiger partial charge on any atom is -0.285 e. The molecule has 18 heavy (non-hydrogen) atoms. The smallest absolute Gasteiger partial charge is 0.160 e. The second kappa shape index (κ2) is 4.09. The molecule has 0 aliphatic heterocycles. The second-order valence-corrected chi connectivity index (χ2v) is 5.40. The molecule has 0 radical (unpaired) electrons. The average molecular weight is 240 g/mol. The SMILES string of the molecule is CC1(c2nnc3ccc(C#N)cn23)CCCCC1. The molecule has 0 saturated heterocycles. The summed E-state index contributed by atoms with van der Waals surface area (Å²) in [7, 11) is 0. The Labute approximate surface area is 106 Å². The van der Waals surface area contributed by atoms with Crippen LogP contribution >= 0.6 is 0 Å². The van der Waals surface area contributed by atoms with Crippen LogP contribution in [0.15, 0.2) is 18.3 Å². The zero-order chi connectivity index (χ0) is 12.6. The van der Waals surface area contributed by atoms with Gasteiger partial charge in [-0.2, -0.15) is 5.26 Å². The number of hydrogen-bond donors (Lipinski definition) is 0. The van der Waals surface area contributed by atoms with Gasteiger partial charge in [-0.3, -0.25) is 4.40 Å². The first-order valence-electron chi connectivity index (χ1n) is 6.48. The molecule has 4 heteroatoms. The fourth-order valence-corrected chi connectivity index (χ4v) is 2.92. The molecule has 1 aliphatic carbocycles. The van der Waals surface area contributed by atoms with Gasteiger partial charge in [0, 0.05) is 11.6 Å². The molecule has 2 aromatic rings. The summed E-state index contributed by atoms with van der Waals surface area (Å²) in [5, 5.41) is 17.6. The average Bonchev–Trinajstić information content (AvgIpc) is 2.83. The van der Waals surface area contributed by atoms with Crippen LogP contribution < -0.4 is 0 Å². The summed E-state index contributed by atoms with van der Waals surface area (Å²) in [6.45, 7) is 2.27. The van der Waals surface area contributed by atoms with Crippen LogP contribution in [0.5, 0.6) is 0 Å². The molecule has 4 nitrogen and oxygen atoms in total. The van der Waals surface area contributed by atoms with E-state index in [-0.39, 0.29) is 5.41 Å². The Morgan fingerprint density at radius 2 is 2.00 bits per heavy atom. The van der Waals surface area contributed by atoms with Gasteiger partial charge >= 0.3 is 0 Å². The molecule has 92 valence electrons. The van der Waals surface area contributed by atoms with Crippen molar-refractivity contribution in [2.24, 2.45) is 0 Å². The number of pyridine rings is 1. The van der Waals surface area contributed by atoms with E-state index in [0.29, 0.717) is 5.56 Å². The summed E-state index contributed by atoms with van der Waals surface area (Å²) in [6.07, 6.45) is 7.99. The molecule has 3 rings (SSSR count). The highest BCUT2D eigenvalue weighted by Gasteiger charge is 2.33. The molecule has 1 fully saturated rings. The number of aromatic nitrogens is 3. The quantitative estimate of drug-likeness (QED) is 0.770. The number of hydrogen-bond acceptors (Lipinski definition) is 3. The van der Waals surface area contributed by atoms with Crippen molar-refractivity contribution in [2.45, 2.75) is 44.4 Å². The lowest BCUT2D eigenvalue weighted by molar-refractivity contribution is 0.302. The molecule has 1 saturated carbocycles. The highest BCUT2D eigenvalue weighted by atomic mass is 15.3. The number of nitrogens with zero attached hydrogens (tertiary/aromatic N) is 4. The van der Waals surface area contributed by atoms with E-state index in [1.54, 1.807) is 6.07 Å². The lowest BCUT2D eigenvalue weighted by Crippen LogP contribution is -2.27. The van der Waals surface area contributed by atoms with Crippen LogP contribution in [0.4, 0.5) is 0 Å². The Balaban J connectivity index is 2.14. The van der Waals surface area contributed by atoms with Crippen molar-refractivity contribution in [2.75, 3.05) is 0 Å². The van der Waals surface area contributed by atoms with Gasteiger partial charge in [-0.05, 0) is 25.0 Å². The normalized spacial score (nSPS) is 18.7. The maximum absolute atomic E-state index is 9.00. The van der Waals surface area contributed by atoms with Crippen molar-refractivity contribution in [1.29, 1.82) is 5.26 Å². The van der Waals surface area contributed by atoms with E-state index >= 15 is 0 Å². The molecule has 2 aromatic heterocycles. The van der Waals surface area contributed by atoms with Crippen LogP contribution in [-0.4, -0.2) is 14.6 Å². The van der Waals surface area contributed by atoms with Crippen molar-refractivity contribution < 1.29 is 0 Å². The third-order valence-electron chi connectivity index (χ3n) is 4.03. The zero-order valence-corrected chi connectivity index (χ0v) is 10.6. The van der Waals surface area contributed by atoms with Crippen LogP contribution in [0.25, 0.3) is 5.65 Å². The first-order chi connectivity index (χ1) is 8.73. The van der Waals surface area contributed by atoms with E-state index in [1.165, 1.54) is 19.3 Å². The molecule has 1 aliphatic rings. The molecule has 0 aromatic carbocycles. The largest absolute Gasteiger partial charge is 0.285 e. The zero-order valence-electron chi connectivity index (χ0n) is 10.6. The highest BCUT2D eigenvalue weighted by molar-refractivity contribution is 5.43. The van der Waals surface area contributed by atoms with Gasteiger partial charge in [-0.1, -0.05) is 26.2 Å². The summed E-state index contributed by atoms with van der Waals surface area (Å²) in [4.78, 5) is 0. The van der Waals surface area contributed by atoms with Gasteiger partial charge in [0.1, 0.15) is 11.9 Å². The van der Waals surface area contributed by atoms with Crippen molar-refractivity contribution in [1.82, 2.24) is 14.6 Å². The third kappa shape index (κ3) is 1.67. The number of rotatable bonds is 1. The first-order valence-corrected chi connectivity index (χ1v) is 6.48. The van der Waals surface area contributed by atoms with Crippen LogP contribution in [0.2, 0.25) is 0 Å².